The van der Waals surface area contributed by atoms with Crippen LogP contribution >= 0.6 is 0 Å². The highest BCUT2D eigenvalue weighted by Crippen LogP contribution is 2.89. The van der Waals surface area contributed by atoms with Crippen LogP contribution in [0.2, 0.25) is 0 Å². The van der Waals surface area contributed by atoms with Crippen molar-refractivity contribution < 1.29 is 103 Å². The third kappa shape index (κ3) is 10.2. The average Bonchev–Trinajstić information content (AvgIpc) is 1.70. The Morgan fingerprint density at radius 2 is 1.26 bits per heavy atom. The molecule has 10 rings (SSSR count). The van der Waals surface area contributed by atoms with Gasteiger partial charge in [0.15, 0.2) is 25.2 Å². The van der Waals surface area contributed by atoms with Crippen molar-refractivity contribution in [1.29, 1.82) is 0 Å². The molecule has 22 nitrogen and oxygen atoms in total. The Balaban J connectivity index is 0.766. The van der Waals surface area contributed by atoms with Crippen LogP contribution in [0.25, 0.3) is 0 Å². The summed E-state index contributed by atoms with van der Waals surface area (Å²) < 4.78 is 53.8. The average molecular weight is 1150 g/mol. The summed E-state index contributed by atoms with van der Waals surface area (Å²) in [7, 11) is 0. The lowest BCUT2D eigenvalue weighted by molar-refractivity contribution is -0.398. The quantitative estimate of drug-likeness (QED) is 0.0500. The van der Waals surface area contributed by atoms with Gasteiger partial charge in [-0.2, -0.15) is 0 Å². The molecule has 0 radical (unpaired) electrons. The van der Waals surface area contributed by atoms with Gasteiger partial charge in [-0.1, -0.05) is 59.8 Å². The molecule has 0 unspecified atom stereocenters. The third-order valence-corrected chi connectivity index (χ3v) is 23.0. The molecule has 1 amide bonds. The second kappa shape index (κ2) is 22.8. The standard InChI is InChI=1S/C59H93NO21/c1-25(12-11-13-26(2)49(71)60-37-27(3)28(4)74-50(37)72)31-16-18-57(10)35-15-14-34-55(7,8)36(17-19-58(34)24-59(35,58)21-20-56(31,57)9)79-51-45(69)41(65)33(23-73-51)78-53-47(43(67)39(63)30(6)76-53)81-54-48(44(68)40(64)32(22-61)77-54)80-52-46(70)42(66)38(62)29(5)75-52/h11-13,25,27-48,51-54,61-70H,14-24H2,1-10H3,(H,60,71)/b12-11+,26-13+/t25-,27-,28-,29+,30+,31-,32+,33+,34-,35-,36+,37+,38+,39+,40+,41-,42-,43-,44-,45+,46+,47+,48+,51-,52-,53-,54-,56-,57-,58-,59+/m1/s1. The van der Waals surface area contributed by atoms with Crippen LogP contribution in [0.1, 0.15) is 127 Å². The number of allylic oxidation sites excluding steroid dienone is 3. The van der Waals surface area contributed by atoms with Gasteiger partial charge in [0.05, 0.1) is 31.5 Å². The highest BCUT2D eigenvalue weighted by atomic mass is 16.8. The first-order chi connectivity index (χ1) is 38.1. The number of hydrogen-bond acceptors (Lipinski definition) is 21. The first-order valence-corrected chi connectivity index (χ1v) is 29.9. The molecular formula is C59H93NO21. The van der Waals surface area contributed by atoms with E-state index in [-0.39, 0.29) is 57.7 Å². The Labute approximate surface area is 474 Å². The number of ether oxygens (including phenoxy) is 9. The van der Waals surface area contributed by atoms with Gasteiger partial charge in [0.25, 0.3) is 0 Å². The van der Waals surface area contributed by atoms with E-state index in [1.54, 1.807) is 6.92 Å². The number of esters is 1. The van der Waals surface area contributed by atoms with Gasteiger partial charge in [-0.15, -0.1) is 0 Å². The largest absolute Gasteiger partial charge is 0.461 e. The maximum absolute atomic E-state index is 13.1. The molecule has 5 aliphatic heterocycles. The van der Waals surface area contributed by atoms with Gasteiger partial charge < -0.3 is 99.0 Å². The minimum absolute atomic E-state index is 0.102. The smallest absolute Gasteiger partial charge is 0.329 e. The predicted octanol–water partition coefficient (Wildman–Crippen LogP) is 0.982. The van der Waals surface area contributed by atoms with Crippen LogP contribution in [0.15, 0.2) is 23.8 Å². The van der Waals surface area contributed by atoms with Gasteiger partial charge in [0.1, 0.15) is 91.5 Å². The summed E-state index contributed by atoms with van der Waals surface area (Å²) in [6.07, 6.45) is -14.5. The van der Waals surface area contributed by atoms with Crippen LogP contribution in [-0.4, -0.2) is 211 Å². The topological polar surface area (TPSA) is 332 Å². The van der Waals surface area contributed by atoms with Crippen molar-refractivity contribution in [1.82, 2.24) is 5.32 Å². The molecule has 31 atom stereocenters. The van der Waals surface area contributed by atoms with Crippen molar-refractivity contribution in [3.63, 3.8) is 0 Å². The summed E-state index contributed by atoms with van der Waals surface area (Å²) in [6.45, 7) is 19.3. The van der Waals surface area contributed by atoms with Gasteiger partial charge in [-0.25, -0.2) is 4.79 Å². The molecule has 0 bridgehead atoms. The monoisotopic (exact) mass is 1150 g/mol. The number of rotatable bonds is 14. The first kappa shape index (κ1) is 61.8. The Kier molecular flexibility index (Phi) is 17.4. The lowest BCUT2D eigenvalue weighted by atomic mass is 9.42. The predicted molar refractivity (Wildman–Crippen MR) is 283 cm³/mol. The molecule has 5 aliphatic carbocycles. The highest BCUT2D eigenvalue weighted by molar-refractivity contribution is 5.96. The molecular weight excluding hydrogens is 1060 g/mol. The van der Waals surface area contributed by atoms with E-state index in [0.29, 0.717) is 29.2 Å². The van der Waals surface area contributed by atoms with Crippen molar-refractivity contribution in [2.24, 2.45) is 56.7 Å². The maximum atomic E-state index is 13.1. The summed E-state index contributed by atoms with van der Waals surface area (Å²) in [5.74, 6) is 0.997. The van der Waals surface area contributed by atoms with Crippen molar-refractivity contribution in [2.75, 3.05) is 13.2 Å². The van der Waals surface area contributed by atoms with Crippen molar-refractivity contribution in [3.8, 4) is 0 Å². The Morgan fingerprint density at radius 3 is 1.93 bits per heavy atom. The van der Waals surface area contributed by atoms with Gasteiger partial charge in [0, 0.05) is 11.5 Å². The number of carbonyl (C=O) groups is 2. The van der Waals surface area contributed by atoms with E-state index in [2.05, 4.69) is 46.0 Å². The molecule has 81 heavy (non-hydrogen) atoms. The van der Waals surface area contributed by atoms with Crippen LogP contribution in [0.5, 0.6) is 0 Å². The zero-order valence-electron chi connectivity index (χ0n) is 48.6. The fourth-order valence-electron chi connectivity index (χ4n) is 17.7. The van der Waals surface area contributed by atoms with E-state index in [9.17, 15) is 60.7 Å². The molecule has 460 valence electrons. The first-order valence-electron chi connectivity index (χ1n) is 29.9. The number of hydrogen-bond donors (Lipinski definition) is 11. The SMILES string of the molecule is C/C(=C\C=C\[C@@H](C)[C@H]1CC[C@]2(C)[C@H]3CC[C@@H]4C(C)(C)[C@@H](O[C@H]5OC[C@H](O[C@H]6O[C@@H](C)[C@H](O)[C@@H](O)[C@@H]6O[C@H]6O[C@@H](CO)[C@H](O)[C@@H](O)[C@@H]6O[C@H]6O[C@@H](C)[C@H](O)[C@@H](O)[C@@H]6O)[C@@H](O)[C@@H]5O)CC[C@@]45C[C@@]35CC[C@]12C)C(=O)N[C@@H]1C(=O)O[C@H](C)[C@H]1C. The van der Waals surface area contributed by atoms with Gasteiger partial charge in [0.2, 0.25) is 5.91 Å². The van der Waals surface area contributed by atoms with Crippen LogP contribution < -0.4 is 5.32 Å². The Morgan fingerprint density at radius 1 is 0.654 bits per heavy atom. The van der Waals surface area contributed by atoms with Crippen LogP contribution in [0, 0.1) is 56.7 Å². The summed E-state index contributed by atoms with van der Waals surface area (Å²) in [6, 6.07) is -0.648. The zero-order chi connectivity index (χ0) is 58.8. The van der Waals surface area contributed by atoms with E-state index in [1.165, 1.54) is 33.1 Å². The molecule has 0 aromatic carbocycles. The van der Waals surface area contributed by atoms with Gasteiger partial charge in [-0.05, 0) is 136 Å². The lowest BCUT2D eigenvalue weighted by Gasteiger charge is -2.63. The van der Waals surface area contributed by atoms with Crippen LogP contribution in [0.4, 0.5) is 0 Å². The number of nitrogens with one attached hydrogen (secondary N) is 1. The molecule has 5 heterocycles. The molecule has 5 saturated heterocycles. The van der Waals surface area contributed by atoms with Gasteiger partial charge >= 0.3 is 5.97 Å². The number of carbonyl (C=O) groups excluding carboxylic acids is 2. The van der Waals surface area contributed by atoms with Crippen molar-refractivity contribution in [2.45, 2.75) is 262 Å². The number of aliphatic hydroxyl groups excluding tert-OH is 10. The van der Waals surface area contributed by atoms with E-state index < -0.39 is 135 Å². The van der Waals surface area contributed by atoms with E-state index >= 15 is 0 Å². The van der Waals surface area contributed by atoms with Crippen LogP contribution in [-0.2, 0) is 52.2 Å². The Hall–Kier alpha value is -2.30. The van der Waals surface area contributed by atoms with E-state index in [0.717, 1.165) is 38.5 Å². The van der Waals surface area contributed by atoms with Crippen LogP contribution in [0.3, 0.4) is 0 Å². The second-order valence-corrected chi connectivity index (χ2v) is 27.3. The van der Waals surface area contributed by atoms with E-state index in [4.69, 9.17) is 42.6 Å². The molecule has 2 spiro atoms. The maximum Gasteiger partial charge on any atom is 0.329 e. The van der Waals surface area contributed by atoms with Gasteiger partial charge in [-0.3, -0.25) is 4.79 Å². The normalized spacial score (nSPS) is 53.7. The van der Waals surface area contributed by atoms with Crippen molar-refractivity contribution in [3.05, 3.63) is 23.8 Å². The molecule has 10 fully saturated rings. The van der Waals surface area contributed by atoms with Crippen molar-refractivity contribution >= 4 is 11.9 Å². The number of amides is 1. The zero-order valence-corrected chi connectivity index (χ0v) is 48.6. The summed E-state index contributed by atoms with van der Waals surface area (Å²) in [5.41, 5.74) is 0.978. The highest BCUT2D eigenvalue weighted by Gasteiger charge is 2.82. The summed E-state index contributed by atoms with van der Waals surface area (Å²) in [5, 5.41) is 112. The molecule has 10 aliphatic rings. The minimum atomic E-state index is -1.89. The third-order valence-electron chi connectivity index (χ3n) is 23.0. The molecule has 5 saturated carbocycles. The molecule has 11 N–H and O–H groups in total. The second-order valence-electron chi connectivity index (χ2n) is 27.3. The molecule has 22 heteroatoms. The summed E-state index contributed by atoms with van der Waals surface area (Å²) in [4.78, 5) is 25.4. The number of aliphatic hydroxyl groups is 10. The fraction of sp³-hybridized carbons (Fsp3) is 0.898. The van der Waals surface area contributed by atoms with E-state index in [1.807, 2.05) is 26.0 Å². The minimum Gasteiger partial charge on any atom is -0.461 e. The fourth-order valence-corrected chi connectivity index (χ4v) is 17.7. The molecule has 0 aromatic rings. The molecule has 0 aromatic heterocycles. The lowest BCUT2D eigenvalue weighted by Crippen LogP contribution is -2.67. The number of fused-ring (bicyclic) bond motifs is 2. The Bertz CT molecular complexity index is 2340. The summed E-state index contributed by atoms with van der Waals surface area (Å²) >= 11 is 0. The number of cyclic esters (lactones) is 1.